The van der Waals surface area contributed by atoms with Gasteiger partial charge >= 0.3 is 0 Å². The summed E-state index contributed by atoms with van der Waals surface area (Å²) in [6.45, 7) is 11.0. The normalized spacial score (nSPS) is 21.3. The van der Waals surface area contributed by atoms with Crippen molar-refractivity contribution in [2.24, 2.45) is 11.8 Å². The summed E-state index contributed by atoms with van der Waals surface area (Å²) < 4.78 is 24.4. The highest BCUT2D eigenvalue weighted by Gasteiger charge is 2.19. The summed E-state index contributed by atoms with van der Waals surface area (Å²) in [4.78, 5) is 0. The van der Waals surface area contributed by atoms with E-state index < -0.39 is 6.08 Å². The third-order valence-corrected chi connectivity index (χ3v) is 6.09. The van der Waals surface area contributed by atoms with Crippen molar-refractivity contribution >= 4 is 6.08 Å². The molecule has 0 radical (unpaired) electrons. The van der Waals surface area contributed by atoms with Crippen LogP contribution in [0.2, 0.25) is 0 Å². The van der Waals surface area contributed by atoms with E-state index in [2.05, 4.69) is 46.8 Å². The molecular weight excluding hydrogens is 302 g/mol. The Kier molecular flexibility index (Phi) is 6.37. The molecule has 1 aromatic rings. The Morgan fingerprint density at radius 2 is 1.33 bits per heavy atom. The molecule has 2 rings (SSSR count). The van der Waals surface area contributed by atoms with E-state index in [9.17, 15) is 8.78 Å². The van der Waals surface area contributed by atoms with Gasteiger partial charge < -0.3 is 0 Å². The first kappa shape index (κ1) is 18.9. The van der Waals surface area contributed by atoms with E-state index in [1.54, 1.807) is 0 Å². The van der Waals surface area contributed by atoms with Gasteiger partial charge in [0.1, 0.15) is 0 Å². The van der Waals surface area contributed by atoms with Crippen molar-refractivity contribution in [1.29, 1.82) is 0 Å². The lowest BCUT2D eigenvalue weighted by Crippen LogP contribution is -2.12. The minimum Gasteiger partial charge on any atom is -0.174 e. The second-order valence-corrected chi connectivity index (χ2v) is 7.41. The van der Waals surface area contributed by atoms with Crippen molar-refractivity contribution in [3.63, 3.8) is 0 Å². The summed E-state index contributed by atoms with van der Waals surface area (Å²) in [5, 5.41) is 0. The summed E-state index contributed by atoms with van der Waals surface area (Å²) in [7, 11) is 0. The van der Waals surface area contributed by atoms with Gasteiger partial charge in [0.15, 0.2) is 0 Å². The van der Waals surface area contributed by atoms with Gasteiger partial charge in [-0.15, -0.1) is 0 Å². The number of hydrogen-bond donors (Lipinski definition) is 0. The molecule has 1 aliphatic carbocycles. The molecule has 132 valence electrons. The van der Waals surface area contributed by atoms with Crippen LogP contribution < -0.4 is 0 Å². The predicted octanol–water partition coefficient (Wildman–Crippen LogP) is 7.22. The minimum absolute atomic E-state index is 0.434. The Balaban J connectivity index is 2.05. The Bertz CT molecular complexity index is 611. The minimum atomic E-state index is -1.53. The Hall–Kier alpha value is -1.44. The molecule has 0 atom stereocenters. The summed E-state index contributed by atoms with van der Waals surface area (Å²) in [6, 6.07) is 0. The maximum atomic E-state index is 12.2. The Labute approximate surface area is 145 Å². The van der Waals surface area contributed by atoms with Gasteiger partial charge in [0.25, 0.3) is 6.08 Å². The molecule has 0 spiro atoms. The maximum absolute atomic E-state index is 12.2. The standard InChI is InChI=1S/C22H30F2/c1-14-15(2)17(4)21(18(5)16(14)3)12-10-19-6-8-20(9-7-19)11-13-22(23)24/h10,12-13,19-20H,6-9,11H2,1-5H3. The first-order valence-electron chi connectivity index (χ1n) is 9.07. The molecule has 1 saturated carbocycles. The average molecular weight is 332 g/mol. The molecule has 24 heavy (non-hydrogen) atoms. The number of allylic oxidation sites excluding steroid dienone is 2. The first-order chi connectivity index (χ1) is 11.3. The number of rotatable bonds is 4. The zero-order valence-electron chi connectivity index (χ0n) is 15.7. The van der Waals surface area contributed by atoms with Crippen molar-refractivity contribution < 1.29 is 8.78 Å². The van der Waals surface area contributed by atoms with Crippen molar-refractivity contribution in [1.82, 2.24) is 0 Å². The highest BCUT2D eigenvalue weighted by atomic mass is 19.3. The highest BCUT2D eigenvalue weighted by molar-refractivity contribution is 5.63. The fourth-order valence-electron chi connectivity index (χ4n) is 3.88. The Morgan fingerprint density at radius 1 is 0.833 bits per heavy atom. The van der Waals surface area contributed by atoms with Crippen LogP contribution in [0, 0.1) is 46.5 Å². The van der Waals surface area contributed by atoms with E-state index in [0.29, 0.717) is 18.3 Å². The predicted molar refractivity (Wildman–Crippen MR) is 99.5 cm³/mol. The highest BCUT2D eigenvalue weighted by Crippen LogP contribution is 2.33. The van der Waals surface area contributed by atoms with Gasteiger partial charge in [0, 0.05) is 0 Å². The monoisotopic (exact) mass is 332 g/mol. The van der Waals surface area contributed by atoms with Crippen molar-refractivity contribution in [2.75, 3.05) is 0 Å². The SMILES string of the molecule is Cc1c(C)c(C)c(C=CC2CCC(CC=C(F)F)CC2)c(C)c1C. The fourth-order valence-corrected chi connectivity index (χ4v) is 3.88. The van der Waals surface area contributed by atoms with E-state index in [4.69, 9.17) is 0 Å². The van der Waals surface area contributed by atoms with Crippen LogP contribution in [0.25, 0.3) is 6.08 Å². The lowest BCUT2D eigenvalue weighted by molar-refractivity contribution is 0.308. The van der Waals surface area contributed by atoms with Crippen LogP contribution in [0.15, 0.2) is 18.2 Å². The molecule has 0 unspecified atom stereocenters. The van der Waals surface area contributed by atoms with Crippen molar-refractivity contribution in [3.05, 3.63) is 51.6 Å². The van der Waals surface area contributed by atoms with Gasteiger partial charge in [-0.2, -0.15) is 8.78 Å². The fraction of sp³-hybridized carbons (Fsp3) is 0.545. The van der Waals surface area contributed by atoms with Gasteiger partial charge in [-0.25, -0.2) is 0 Å². The molecule has 1 aromatic carbocycles. The average Bonchev–Trinajstić information content (AvgIpc) is 2.57. The van der Waals surface area contributed by atoms with E-state index in [1.165, 1.54) is 33.4 Å². The van der Waals surface area contributed by atoms with Crippen LogP contribution in [0.3, 0.4) is 0 Å². The molecule has 0 aliphatic heterocycles. The molecule has 0 aromatic heterocycles. The van der Waals surface area contributed by atoms with E-state index in [-0.39, 0.29) is 0 Å². The number of benzene rings is 1. The first-order valence-corrected chi connectivity index (χ1v) is 9.07. The van der Waals surface area contributed by atoms with Crippen LogP contribution in [0.5, 0.6) is 0 Å². The summed E-state index contributed by atoms with van der Waals surface area (Å²) in [6.07, 6.45) is 9.09. The van der Waals surface area contributed by atoms with Crippen LogP contribution in [-0.2, 0) is 0 Å². The van der Waals surface area contributed by atoms with E-state index in [1.807, 2.05) is 0 Å². The lowest BCUT2D eigenvalue weighted by Gasteiger charge is -2.26. The van der Waals surface area contributed by atoms with E-state index >= 15 is 0 Å². The molecule has 1 fully saturated rings. The number of hydrogen-bond acceptors (Lipinski definition) is 0. The maximum Gasteiger partial charge on any atom is 0.266 e. The van der Waals surface area contributed by atoms with Gasteiger partial charge in [-0.3, -0.25) is 0 Å². The Morgan fingerprint density at radius 3 is 1.83 bits per heavy atom. The number of halogens is 2. The summed E-state index contributed by atoms with van der Waals surface area (Å²) >= 11 is 0. The third kappa shape index (κ3) is 4.34. The van der Waals surface area contributed by atoms with Crippen LogP contribution in [0.1, 0.15) is 65.5 Å². The summed E-state index contributed by atoms with van der Waals surface area (Å²) in [5.74, 6) is 1.02. The summed E-state index contributed by atoms with van der Waals surface area (Å²) in [5.41, 5.74) is 8.30. The van der Waals surface area contributed by atoms with Crippen molar-refractivity contribution in [2.45, 2.75) is 66.7 Å². The van der Waals surface area contributed by atoms with Crippen LogP contribution in [-0.4, -0.2) is 0 Å². The largest absolute Gasteiger partial charge is 0.266 e. The van der Waals surface area contributed by atoms with Gasteiger partial charge in [0.2, 0.25) is 0 Å². The van der Waals surface area contributed by atoms with Gasteiger partial charge in [-0.1, -0.05) is 12.2 Å². The quantitative estimate of drug-likeness (QED) is 0.546. The lowest BCUT2D eigenvalue weighted by atomic mass is 9.80. The smallest absolute Gasteiger partial charge is 0.174 e. The van der Waals surface area contributed by atoms with Crippen molar-refractivity contribution in [3.8, 4) is 0 Å². The third-order valence-electron chi connectivity index (χ3n) is 6.09. The molecule has 0 bridgehead atoms. The molecule has 0 nitrogen and oxygen atoms in total. The molecule has 0 amide bonds. The van der Waals surface area contributed by atoms with E-state index in [0.717, 1.165) is 31.8 Å². The molecule has 2 heteroatoms. The van der Waals surface area contributed by atoms with Crippen LogP contribution >= 0.6 is 0 Å². The molecule has 0 N–H and O–H groups in total. The molecule has 0 heterocycles. The topological polar surface area (TPSA) is 0 Å². The van der Waals surface area contributed by atoms with Gasteiger partial charge in [-0.05, 0) is 118 Å². The zero-order valence-corrected chi connectivity index (χ0v) is 15.7. The molecule has 0 saturated heterocycles. The van der Waals surface area contributed by atoms with Crippen LogP contribution in [0.4, 0.5) is 8.78 Å². The zero-order chi connectivity index (χ0) is 17.9. The second kappa shape index (κ2) is 8.09. The molecular formula is C22H30F2. The van der Waals surface area contributed by atoms with Gasteiger partial charge in [0.05, 0.1) is 0 Å². The molecule has 1 aliphatic rings. The second-order valence-electron chi connectivity index (χ2n) is 7.41.